The molecule has 2 nitrogen and oxygen atoms in total. The molecule has 0 aromatic heterocycles. The number of fused-ring (bicyclic) bond motifs is 3. The first-order chi connectivity index (χ1) is 28.8. The molecule has 58 heavy (non-hydrogen) atoms. The molecule has 0 bridgehead atoms. The minimum absolute atomic E-state index is 0.163. The number of hydrogen-bond donors (Lipinski definition) is 0. The largest absolute Gasteiger partial charge is 0.334 e. The van der Waals surface area contributed by atoms with Crippen LogP contribution in [0.2, 0.25) is 0 Å². The third-order valence-corrected chi connectivity index (χ3v) is 11.7. The van der Waals surface area contributed by atoms with E-state index in [-0.39, 0.29) is 18.0 Å². The molecule has 0 saturated heterocycles. The highest BCUT2D eigenvalue weighted by Gasteiger charge is 2.30. The van der Waals surface area contributed by atoms with Gasteiger partial charge in [0.15, 0.2) is 0 Å². The number of para-hydroxylation sites is 2. The molecule has 7 aromatic carbocycles. The van der Waals surface area contributed by atoms with Crippen LogP contribution < -0.4 is 9.80 Å². The SMILES string of the molecule is C1=CC2=CC=CC(N(c3ccccc3)c3ccc4cc(/C(=C\C5=CCC(N(c6ccccc6)c6cccc7ccccc67)C=C5)c5ccccc5)ccc4c3)C2C=C1. The lowest BCUT2D eigenvalue weighted by molar-refractivity contribution is 0.640. The monoisotopic (exact) mass is 744 g/mol. The second-order valence-electron chi connectivity index (χ2n) is 15.3. The molecule has 0 aliphatic heterocycles. The zero-order chi connectivity index (χ0) is 38.7. The third kappa shape index (κ3) is 6.95. The molecule has 0 fully saturated rings. The first-order valence-corrected chi connectivity index (χ1v) is 20.4. The van der Waals surface area contributed by atoms with Crippen LogP contribution in [0.15, 0.2) is 248 Å². The average Bonchev–Trinajstić information content (AvgIpc) is 3.30. The Morgan fingerprint density at radius 1 is 0.500 bits per heavy atom. The molecule has 10 rings (SSSR count). The average molecular weight is 745 g/mol. The van der Waals surface area contributed by atoms with E-state index in [1.807, 2.05) is 0 Å². The molecular formula is C56H44N2. The lowest BCUT2D eigenvalue weighted by Gasteiger charge is -2.38. The maximum Gasteiger partial charge on any atom is 0.0628 e. The van der Waals surface area contributed by atoms with Gasteiger partial charge in [-0.15, -0.1) is 0 Å². The Labute approximate surface area is 341 Å². The normalized spacial score (nSPS) is 18.5. The number of hydrogen-bond acceptors (Lipinski definition) is 2. The first kappa shape index (κ1) is 35.3. The lowest BCUT2D eigenvalue weighted by Crippen LogP contribution is -2.37. The van der Waals surface area contributed by atoms with Gasteiger partial charge >= 0.3 is 0 Å². The number of allylic oxidation sites excluding steroid dienone is 8. The van der Waals surface area contributed by atoms with E-state index in [4.69, 9.17) is 0 Å². The van der Waals surface area contributed by atoms with Crippen molar-refractivity contribution >= 4 is 49.9 Å². The summed E-state index contributed by atoms with van der Waals surface area (Å²) in [6.07, 6.45) is 26.0. The highest BCUT2D eigenvalue weighted by Crippen LogP contribution is 2.40. The summed E-state index contributed by atoms with van der Waals surface area (Å²) >= 11 is 0. The van der Waals surface area contributed by atoms with Gasteiger partial charge in [-0.25, -0.2) is 0 Å². The van der Waals surface area contributed by atoms with Crippen LogP contribution in [-0.2, 0) is 0 Å². The van der Waals surface area contributed by atoms with Gasteiger partial charge in [-0.1, -0.05) is 182 Å². The fourth-order valence-electron chi connectivity index (χ4n) is 8.89. The van der Waals surface area contributed by atoms with Crippen LogP contribution in [0.4, 0.5) is 22.7 Å². The number of nitrogens with zero attached hydrogens (tertiary/aromatic N) is 2. The lowest BCUT2D eigenvalue weighted by atomic mass is 9.83. The summed E-state index contributed by atoms with van der Waals surface area (Å²) in [7, 11) is 0. The van der Waals surface area contributed by atoms with Crippen molar-refractivity contribution in [1.82, 2.24) is 0 Å². The standard InChI is InChI=1S/C56H44N2/c1-4-16-44(17-5-1)54(38-41-30-35-50(36-31-41)57(48-22-6-2-7-23-48)55-28-14-20-42-18-10-12-26-52(42)55)47-33-32-46-40-51(37-34-45(46)39-47)58(49-24-8-3-9-25-49)56-29-15-21-43-19-11-13-27-53(43)56/h1-35,37-40,50,53,56H,36H2/b54-38-. The van der Waals surface area contributed by atoms with Gasteiger partial charge < -0.3 is 9.80 Å². The van der Waals surface area contributed by atoms with Crippen LogP contribution in [0.25, 0.3) is 27.1 Å². The van der Waals surface area contributed by atoms with Gasteiger partial charge in [-0.05, 0) is 105 Å². The highest BCUT2D eigenvalue weighted by molar-refractivity contribution is 5.97. The summed E-state index contributed by atoms with van der Waals surface area (Å²) in [4.78, 5) is 4.99. The van der Waals surface area contributed by atoms with E-state index in [0.29, 0.717) is 0 Å². The van der Waals surface area contributed by atoms with Gasteiger partial charge in [0.05, 0.1) is 12.1 Å². The second-order valence-corrected chi connectivity index (χ2v) is 15.3. The van der Waals surface area contributed by atoms with Crippen molar-refractivity contribution in [2.75, 3.05) is 9.80 Å². The molecular weight excluding hydrogens is 701 g/mol. The smallest absolute Gasteiger partial charge is 0.0628 e. The fourth-order valence-corrected chi connectivity index (χ4v) is 8.89. The maximum atomic E-state index is 2.49. The van der Waals surface area contributed by atoms with E-state index < -0.39 is 0 Å². The van der Waals surface area contributed by atoms with Crippen molar-refractivity contribution in [3.8, 4) is 0 Å². The quantitative estimate of drug-likeness (QED) is 0.145. The minimum Gasteiger partial charge on any atom is -0.334 e. The van der Waals surface area contributed by atoms with E-state index in [2.05, 4.69) is 246 Å². The molecule has 7 aromatic rings. The van der Waals surface area contributed by atoms with Crippen LogP contribution in [0.5, 0.6) is 0 Å². The Morgan fingerprint density at radius 2 is 1.21 bits per heavy atom. The minimum atomic E-state index is 0.163. The first-order valence-electron chi connectivity index (χ1n) is 20.4. The van der Waals surface area contributed by atoms with Crippen molar-refractivity contribution in [2.45, 2.75) is 18.5 Å². The van der Waals surface area contributed by atoms with Crippen LogP contribution in [-0.4, -0.2) is 12.1 Å². The summed E-state index contributed by atoms with van der Waals surface area (Å²) in [5.41, 5.74) is 11.0. The fraction of sp³-hybridized carbons (Fsp3) is 0.0714. The van der Waals surface area contributed by atoms with E-state index in [9.17, 15) is 0 Å². The molecule has 3 unspecified atom stereocenters. The molecule has 3 atom stereocenters. The highest BCUT2D eigenvalue weighted by atomic mass is 15.2. The topological polar surface area (TPSA) is 6.48 Å². The van der Waals surface area contributed by atoms with Crippen LogP contribution >= 0.6 is 0 Å². The summed E-state index contributed by atoms with van der Waals surface area (Å²) in [5, 5.41) is 4.95. The predicted molar refractivity (Wildman–Crippen MR) is 247 cm³/mol. The molecule has 2 heteroatoms. The van der Waals surface area contributed by atoms with Crippen molar-refractivity contribution in [2.24, 2.45) is 5.92 Å². The molecule has 3 aliphatic carbocycles. The van der Waals surface area contributed by atoms with Gasteiger partial charge in [0.2, 0.25) is 0 Å². The molecule has 0 radical (unpaired) electrons. The van der Waals surface area contributed by atoms with Crippen LogP contribution in [0, 0.1) is 5.92 Å². The predicted octanol–water partition coefficient (Wildman–Crippen LogP) is 14.3. The maximum absolute atomic E-state index is 2.49. The van der Waals surface area contributed by atoms with Crippen molar-refractivity contribution < 1.29 is 0 Å². The number of anilines is 4. The van der Waals surface area contributed by atoms with Crippen LogP contribution in [0.3, 0.4) is 0 Å². The van der Waals surface area contributed by atoms with Gasteiger partial charge in [0, 0.05) is 34.1 Å². The Balaban J connectivity index is 0.985. The molecule has 0 amide bonds. The van der Waals surface area contributed by atoms with E-state index in [0.717, 1.165) is 6.42 Å². The van der Waals surface area contributed by atoms with E-state index >= 15 is 0 Å². The van der Waals surface area contributed by atoms with Crippen LogP contribution in [0.1, 0.15) is 17.5 Å². The second kappa shape index (κ2) is 15.8. The van der Waals surface area contributed by atoms with Gasteiger partial charge in [0.25, 0.3) is 0 Å². The third-order valence-electron chi connectivity index (χ3n) is 11.7. The summed E-state index contributed by atoms with van der Waals surface area (Å²) in [5.74, 6) is 0.282. The molecule has 278 valence electrons. The molecule has 0 saturated carbocycles. The number of rotatable bonds is 9. The Morgan fingerprint density at radius 3 is 2.00 bits per heavy atom. The number of benzene rings is 7. The summed E-state index contributed by atoms with van der Waals surface area (Å²) < 4.78 is 0. The molecule has 0 spiro atoms. The molecule has 0 N–H and O–H groups in total. The zero-order valence-electron chi connectivity index (χ0n) is 32.4. The van der Waals surface area contributed by atoms with Gasteiger partial charge in [-0.2, -0.15) is 0 Å². The summed E-state index contributed by atoms with van der Waals surface area (Å²) in [6.45, 7) is 0. The summed E-state index contributed by atoms with van der Waals surface area (Å²) in [6, 6.07) is 61.9. The Hall–Kier alpha value is -7.16. The van der Waals surface area contributed by atoms with E-state index in [1.54, 1.807) is 0 Å². The van der Waals surface area contributed by atoms with Crippen molar-refractivity contribution in [1.29, 1.82) is 0 Å². The van der Waals surface area contributed by atoms with Gasteiger partial charge in [0.1, 0.15) is 0 Å². The van der Waals surface area contributed by atoms with Crippen molar-refractivity contribution in [3.63, 3.8) is 0 Å². The van der Waals surface area contributed by atoms with E-state index in [1.165, 1.54) is 72.1 Å². The molecule has 3 aliphatic rings. The Bertz CT molecular complexity index is 2810. The Kier molecular flexibility index (Phi) is 9.59. The van der Waals surface area contributed by atoms with Crippen molar-refractivity contribution in [3.05, 3.63) is 259 Å². The zero-order valence-corrected chi connectivity index (χ0v) is 32.4. The molecule has 0 heterocycles. The van der Waals surface area contributed by atoms with Gasteiger partial charge in [-0.3, -0.25) is 0 Å².